The third-order valence-electron chi connectivity index (χ3n) is 6.68. The lowest BCUT2D eigenvalue weighted by Crippen LogP contribution is -2.41. The summed E-state index contributed by atoms with van der Waals surface area (Å²) in [5, 5.41) is 12.3. The van der Waals surface area contributed by atoms with Gasteiger partial charge in [-0.1, -0.05) is 66.7 Å². The average molecular weight is 589 g/mol. The number of carbonyl (C=O) groups is 2. The Balaban J connectivity index is 1.78. The minimum absolute atomic E-state index is 0.0213. The molecule has 4 aromatic rings. The van der Waals surface area contributed by atoms with E-state index in [2.05, 4.69) is 5.32 Å². The summed E-state index contributed by atoms with van der Waals surface area (Å²) in [7, 11) is -3.91. The number of para-hydroxylation sites is 1. The lowest BCUT2D eigenvalue weighted by molar-refractivity contribution is -0.139. The Morgan fingerprint density at radius 1 is 0.878 bits per heavy atom. The van der Waals surface area contributed by atoms with Crippen molar-refractivity contribution >= 4 is 39.3 Å². The summed E-state index contributed by atoms with van der Waals surface area (Å²) in [6, 6.07) is 28.9. The molecular formula is C32H32N2O5S2. The first-order valence-corrected chi connectivity index (χ1v) is 15.9. The summed E-state index contributed by atoms with van der Waals surface area (Å²) in [6.07, 6.45) is 2.18. The van der Waals surface area contributed by atoms with Crippen LogP contribution in [0.2, 0.25) is 0 Å². The molecule has 1 atom stereocenters. The first kappa shape index (κ1) is 29.9. The van der Waals surface area contributed by atoms with Crippen LogP contribution in [0.5, 0.6) is 0 Å². The molecule has 0 aliphatic rings. The molecule has 0 aromatic heterocycles. The number of aryl methyl sites for hydroxylation is 1. The number of nitrogens with one attached hydrogen (secondary N) is 1. The van der Waals surface area contributed by atoms with Gasteiger partial charge in [-0.3, -0.25) is 9.10 Å². The molecule has 0 fully saturated rings. The van der Waals surface area contributed by atoms with Crippen molar-refractivity contribution in [2.24, 2.45) is 0 Å². The van der Waals surface area contributed by atoms with E-state index in [1.807, 2.05) is 49.6 Å². The Bertz CT molecular complexity index is 1610. The van der Waals surface area contributed by atoms with Gasteiger partial charge in [0.1, 0.15) is 6.04 Å². The maximum atomic E-state index is 13.8. The van der Waals surface area contributed by atoms with Gasteiger partial charge < -0.3 is 10.4 Å². The summed E-state index contributed by atoms with van der Waals surface area (Å²) < 4.78 is 28.9. The van der Waals surface area contributed by atoms with Crippen LogP contribution in [0, 0.1) is 6.92 Å². The van der Waals surface area contributed by atoms with E-state index in [1.165, 1.54) is 16.1 Å². The second-order valence-corrected chi connectivity index (χ2v) is 12.3. The van der Waals surface area contributed by atoms with Crippen LogP contribution in [-0.4, -0.2) is 43.5 Å². The van der Waals surface area contributed by atoms with E-state index in [-0.39, 0.29) is 11.4 Å². The molecule has 0 unspecified atom stereocenters. The highest BCUT2D eigenvalue weighted by atomic mass is 32.2. The first-order valence-electron chi connectivity index (χ1n) is 13.1. The van der Waals surface area contributed by atoms with Gasteiger partial charge in [0.15, 0.2) is 0 Å². The highest BCUT2D eigenvalue weighted by molar-refractivity contribution is 7.98. The van der Waals surface area contributed by atoms with Gasteiger partial charge in [0.25, 0.3) is 15.9 Å². The highest BCUT2D eigenvalue weighted by Crippen LogP contribution is 2.31. The Morgan fingerprint density at radius 3 is 2.15 bits per heavy atom. The normalized spacial score (nSPS) is 12.0. The topological polar surface area (TPSA) is 104 Å². The van der Waals surface area contributed by atoms with Crippen molar-refractivity contribution in [1.82, 2.24) is 5.32 Å². The number of rotatable bonds is 12. The van der Waals surface area contributed by atoms with Crippen LogP contribution in [0.15, 0.2) is 108 Å². The van der Waals surface area contributed by atoms with Crippen molar-refractivity contribution in [3.63, 3.8) is 0 Å². The van der Waals surface area contributed by atoms with E-state index >= 15 is 0 Å². The molecule has 41 heavy (non-hydrogen) atoms. The standard InChI is InChI=1S/C32H32N2O5S2/c1-23-11-9-10-16-27(23)29-21-24(17-18-28(29)31(35)33-30(32(36)37)19-20-40-2)22-34(25-12-5-3-6-13-25)41(38,39)26-14-7-4-8-15-26/h3-18,21,30H,19-20,22H2,1-2H3,(H,33,35)(H,36,37)/t30-/m0/s1. The van der Waals surface area contributed by atoms with Gasteiger partial charge >= 0.3 is 5.97 Å². The Labute approximate surface area is 245 Å². The molecule has 0 spiro atoms. The Kier molecular flexibility index (Phi) is 9.86. The summed E-state index contributed by atoms with van der Waals surface area (Å²) >= 11 is 1.51. The van der Waals surface area contributed by atoms with Crippen molar-refractivity contribution < 1.29 is 23.1 Å². The van der Waals surface area contributed by atoms with Crippen LogP contribution in [-0.2, 0) is 21.4 Å². The number of carboxylic acids is 1. The summed E-state index contributed by atoms with van der Waals surface area (Å²) in [4.78, 5) is 25.4. The van der Waals surface area contributed by atoms with E-state index < -0.39 is 27.9 Å². The largest absolute Gasteiger partial charge is 0.480 e. The molecule has 2 N–H and O–H groups in total. The number of hydrogen-bond donors (Lipinski definition) is 2. The number of aliphatic carboxylic acids is 1. The summed E-state index contributed by atoms with van der Waals surface area (Å²) in [5.74, 6) is -1.00. The molecule has 4 rings (SSSR count). The number of anilines is 1. The zero-order valence-electron chi connectivity index (χ0n) is 22.9. The maximum Gasteiger partial charge on any atom is 0.326 e. The van der Waals surface area contributed by atoms with Crippen molar-refractivity contribution in [3.8, 4) is 11.1 Å². The predicted molar refractivity (Wildman–Crippen MR) is 165 cm³/mol. The van der Waals surface area contributed by atoms with Crippen LogP contribution < -0.4 is 9.62 Å². The number of nitrogens with zero attached hydrogens (tertiary/aromatic N) is 1. The van der Waals surface area contributed by atoms with Crippen LogP contribution in [0.25, 0.3) is 11.1 Å². The number of sulfonamides is 1. The van der Waals surface area contributed by atoms with E-state index in [0.717, 1.165) is 11.1 Å². The fraction of sp³-hybridized carbons (Fsp3) is 0.188. The molecule has 9 heteroatoms. The molecule has 0 bridgehead atoms. The lowest BCUT2D eigenvalue weighted by Gasteiger charge is -2.25. The van der Waals surface area contributed by atoms with Gasteiger partial charge in [0.2, 0.25) is 0 Å². The van der Waals surface area contributed by atoms with Crippen molar-refractivity contribution in [1.29, 1.82) is 0 Å². The van der Waals surface area contributed by atoms with E-state index in [4.69, 9.17) is 0 Å². The zero-order valence-corrected chi connectivity index (χ0v) is 24.5. The average Bonchev–Trinajstić information content (AvgIpc) is 2.98. The molecular weight excluding hydrogens is 556 g/mol. The van der Waals surface area contributed by atoms with Gasteiger partial charge in [0.05, 0.1) is 17.1 Å². The van der Waals surface area contributed by atoms with Crippen LogP contribution >= 0.6 is 11.8 Å². The lowest BCUT2D eigenvalue weighted by atomic mass is 9.93. The molecule has 4 aromatic carbocycles. The molecule has 0 heterocycles. The quantitative estimate of drug-likeness (QED) is 0.211. The number of carbonyl (C=O) groups excluding carboxylic acids is 1. The Hall–Kier alpha value is -4.08. The number of benzene rings is 4. The molecule has 0 aliphatic heterocycles. The first-order chi connectivity index (χ1) is 19.7. The third-order valence-corrected chi connectivity index (χ3v) is 9.11. The second-order valence-electron chi connectivity index (χ2n) is 9.50. The number of hydrogen-bond acceptors (Lipinski definition) is 5. The highest BCUT2D eigenvalue weighted by Gasteiger charge is 2.27. The van der Waals surface area contributed by atoms with Crippen molar-refractivity contribution in [2.45, 2.75) is 30.8 Å². The molecule has 0 saturated carbocycles. The molecule has 7 nitrogen and oxygen atoms in total. The van der Waals surface area contributed by atoms with Crippen LogP contribution in [0.4, 0.5) is 5.69 Å². The molecule has 212 valence electrons. The SMILES string of the molecule is CSCC[C@H](NC(=O)c1ccc(CN(c2ccccc2)S(=O)(=O)c2ccccc2)cc1-c1ccccc1C)C(=O)O. The van der Waals surface area contributed by atoms with E-state index in [1.54, 1.807) is 66.7 Å². The van der Waals surface area contributed by atoms with E-state index in [0.29, 0.717) is 34.6 Å². The summed E-state index contributed by atoms with van der Waals surface area (Å²) in [5.41, 5.74) is 3.81. The fourth-order valence-corrected chi connectivity index (χ4v) is 6.45. The smallest absolute Gasteiger partial charge is 0.326 e. The van der Waals surface area contributed by atoms with Crippen molar-refractivity contribution in [2.75, 3.05) is 16.3 Å². The van der Waals surface area contributed by atoms with Gasteiger partial charge in [-0.25, -0.2) is 13.2 Å². The van der Waals surface area contributed by atoms with Gasteiger partial charge in [0, 0.05) is 5.56 Å². The van der Waals surface area contributed by atoms with Gasteiger partial charge in [-0.2, -0.15) is 11.8 Å². The fourth-order valence-electron chi connectivity index (χ4n) is 4.51. The van der Waals surface area contributed by atoms with Gasteiger partial charge in [-0.05, 0) is 84.0 Å². The molecule has 0 aliphatic carbocycles. The van der Waals surface area contributed by atoms with E-state index in [9.17, 15) is 23.1 Å². The number of amides is 1. The minimum atomic E-state index is -3.91. The number of carboxylic acid groups (broad SMARTS) is 1. The zero-order chi connectivity index (χ0) is 29.4. The molecule has 1 amide bonds. The van der Waals surface area contributed by atoms with Gasteiger partial charge in [-0.15, -0.1) is 0 Å². The Morgan fingerprint density at radius 2 is 1.51 bits per heavy atom. The van der Waals surface area contributed by atoms with Crippen molar-refractivity contribution in [3.05, 3.63) is 120 Å². The third kappa shape index (κ3) is 7.17. The second kappa shape index (κ2) is 13.5. The predicted octanol–water partition coefficient (Wildman–Crippen LogP) is 5.99. The number of thioether (sulfide) groups is 1. The maximum absolute atomic E-state index is 13.8. The van der Waals surface area contributed by atoms with Crippen LogP contribution in [0.3, 0.4) is 0 Å². The summed E-state index contributed by atoms with van der Waals surface area (Å²) in [6.45, 7) is 1.95. The monoisotopic (exact) mass is 588 g/mol. The minimum Gasteiger partial charge on any atom is -0.480 e. The molecule has 0 radical (unpaired) electrons. The molecule has 0 saturated heterocycles. The van der Waals surface area contributed by atoms with Crippen LogP contribution in [0.1, 0.15) is 27.9 Å².